The van der Waals surface area contributed by atoms with Gasteiger partial charge in [-0.15, -0.1) is 23.2 Å². The van der Waals surface area contributed by atoms with Gasteiger partial charge in [0.2, 0.25) is 0 Å². The van der Waals surface area contributed by atoms with Crippen LogP contribution in [-0.4, -0.2) is 36.2 Å². The normalized spacial score (nSPS) is 50.7. The topological polar surface area (TPSA) is 57.6 Å². The number of carbonyl (C=O) groups excluding carboxylic acids is 2. The van der Waals surface area contributed by atoms with Gasteiger partial charge in [-0.25, -0.2) is 0 Å². The standard InChI is InChI=1S/C13H9Cl6NO3/c14-7-8(15)12(17)6-2-4-3(9(21)20(23)10(4)22)1-5(6)11(7,16)13(12,18)19/h3-6,23H,1-2H2/t3-,4+,5-,6+,11-,12-/m1/s1. The predicted octanol–water partition coefficient (Wildman–Crippen LogP) is 3.85. The molecular formula is C13H9Cl6NO3. The van der Waals surface area contributed by atoms with Gasteiger partial charge in [0.15, 0.2) is 4.33 Å². The average Bonchev–Trinajstić information content (AvgIpc) is 2.84. The van der Waals surface area contributed by atoms with E-state index in [-0.39, 0.29) is 28.0 Å². The number of fused-ring (bicyclic) bond motifs is 6. The molecule has 1 aliphatic heterocycles. The van der Waals surface area contributed by atoms with E-state index in [0.29, 0.717) is 0 Å². The number of rotatable bonds is 0. The van der Waals surface area contributed by atoms with Crippen molar-refractivity contribution in [1.29, 1.82) is 0 Å². The Labute approximate surface area is 161 Å². The Kier molecular flexibility index (Phi) is 3.44. The van der Waals surface area contributed by atoms with Gasteiger partial charge in [0.25, 0.3) is 11.8 Å². The molecule has 0 aromatic rings. The minimum Gasteiger partial charge on any atom is -0.278 e. The van der Waals surface area contributed by atoms with E-state index in [9.17, 15) is 14.8 Å². The van der Waals surface area contributed by atoms with Crippen molar-refractivity contribution in [3.05, 3.63) is 10.1 Å². The van der Waals surface area contributed by atoms with Gasteiger partial charge in [-0.1, -0.05) is 46.4 Å². The molecule has 0 spiro atoms. The molecule has 0 unspecified atom stereocenters. The fourth-order valence-electron chi connectivity index (χ4n) is 4.70. The Morgan fingerprint density at radius 1 is 0.870 bits per heavy atom. The number of halogens is 6. The van der Waals surface area contributed by atoms with Crippen LogP contribution in [-0.2, 0) is 9.59 Å². The third kappa shape index (κ3) is 1.55. The van der Waals surface area contributed by atoms with E-state index in [1.165, 1.54) is 0 Å². The first-order valence-corrected chi connectivity index (χ1v) is 9.16. The summed E-state index contributed by atoms with van der Waals surface area (Å²) in [7, 11) is 0. The number of nitrogens with zero attached hydrogens (tertiary/aromatic N) is 1. The lowest BCUT2D eigenvalue weighted by atomic mass is 9.65. The minimum atomic E-state index is -1.67. The number of hydrogen-bond acceptors (Lipinski definition) is 3. The Morgan fingerprint density at radius 2 is 1.22 bits per heavy atom. The second kappa shape index (κ2) is 4.64. The molecule has 1 saturated heterocycles. The van der Waals surface area contributed by atoms with Crippen molar-refractivity contribution in [1.82, 2.24) is 5.06 Å². The maximum atomic E-state index is 12.1. The van der Waals surface area contributed by atoms with Crippen molar-refractivity contribution < 1.29 is 14.8 Å². The highest BCUT2D eigenvalue weighted by Crippen LogP contribution is 2.79. The van der Waals surface area contributed by atoms with Gasteiger partial charge in [0.05, 0.1) is 21.9 Å². The highest BCUT2D eigenvalue weighted by Gasteiger charge is 2.83. The Hall–Kier alpha value is 0.580. The number of alkyl halides is 4. The summed E-state index contributed by atoms with van der Waals surface area (Å²) in [6, 6.07) is 0. The summed E-state index contributed by atoms with van der Waals surface area (Å²) in [6.45, 7) is 0. The van der Waals surface area contributed by atoms with Crippen molar-refractivity contribution in [2.75, 3.05) is 0 Å². The van der Waals surface area contributed by atoms with E-state index in [2.05, 4.69) is 0 Å². The molecule has 3 aliphatic carbocycles. The summed E-state index contributed by atoms with van der Waals surface area (Å²) in [5.74, 6) is -3.53. The van der Waals surface area contributed by atoms with Crippen LogP contribution in [0.1, 0.15) is 12.8 Å². The van der Waals surface area contributed by atoms with E-state index in [0.717, 1.165) is 0 Å². The van der Waals surface area contributed by atoms with Crippen LogP contribution in [0.15, 0.2) is 10.1 Å². The number of hydroxylamine groups is 2. The van der Waals surface area contributed by atoms with Crippen LogP contribution in [0.4, 0.5) is 0 Å². The van der Waals surface area contributed by atoms with Crippen LogP contribution in [0, 0.1) is 23.7 Å². The third-order valence-corrected chi connectivity index (χ3v) is 10.2. The van der Waals surface area contributed by atoms with Crippen LogP contribution in [0.5, 0.6) is 0 Å². The highest BCUT2D eigenvalue weighted by molar-refractivity contribution is 6.65. The molecule has 2 bridgehead atoms. The van der Waals surface area contributed by atoms with Crippen LogP contribution in [0.3, 0.4) is 0 Å². The fraction of sp³-hybridized carbons (Fsp3) is 0.692. The monoisotopic (exact) mass is 437 g/mol. The molecule has 0 aromatic carbocycles. The smallest absolute Gasteiger partial charge is 0.257 e. The zero-order valence-electron chi connectivity index (χ0n) is 11.2. The molecule has 1 heterocycles. The van der Waals surface area contributed by atoms with Gasteiger partial charge in [0.1, 0.15) is 9.75 Å². The molecule has 0 aromatic heterocycles. The molecule has 2 amide bonds. The molecule has 1 N–H and O–H groups in total. The molecule has 4 aliphatic rings. The molecule has 4 rings (SSSR count). The largest absolute Gasteiger partial charge is 0.278 e. The number of hydrogen-bond donors (Lipinski definition) is 1. The first-order chi connectivity index (χ1) is 10.5. The SMILES string of the molecule is O=C1[C@H]2C[C@H]3[C@@H](C[C@H]2C(=O)N1O)[C@@]1(Cl)C(Cl)=C(Cl)[C@@]3(Cl)C1(Cl)Cl. The molecule has 10 heteroatoms. The lowest BCUT2D eigenvalue weighted by Crippen LogP contribution is -2.44. The van der Waals surface area contributed by atoms with Gasteiger partial charge in [-0.2, -0.15) is 5.06 Å². The summed E-state index contributed by atoms with van der Waals surface area (Å²) < 4.78 is -1.67. The summed E-state index contributed by atoms with van der Waals surface area (Å²) >= 11 is 39.0. The van der Waals surface area contributed by atoms with E-state index in [1.807, 2.05) is 0 Å². The number of carbonyl (C=O) groups is 2. The summed E-state index contributed by atoms with van der Waals surface area (Å²) in [4.78, 5) is 21.3. The predicted molar refractivity (Wildman–Crippen MR) is 87.2 cm³/mol. The Bertz CT molecular complexity index is 641. The maximum Gasteiger partial charge on any atom is 0.257 e. The van der Waals surface area contributed by atoms with E-state index < -0.39 is 49.6 Å². The first-order valence-electron chi connectivity index (χ1n) is 6.89. The van der Waals surface area contributed by atoms with Gasteiger partial charge in [0, 0.05) is 0 Å². The second-order valence-corrected chi connectivity index (χ2v) is 9.79. The highest BCUT2D eigenvalue weighted by atomic mass is 35.5. The Balaban J connectivity index is 1.86. The van der Waals surface area contributed by atoms with Crippen LogP contribution in [0.2, 0.25) is 0 Å². The second-order valence-electron chi connectivity index (χ2n) is 6.51. The molecule has 126 valence electrons. The molecule has 0 radical (unpaired) electrons. The zero-order valence-corrected chi connectivity index (χ0v) is 15.7. The van der Waals surface area contributed by atoms with Gasteiger partial charge in [-0.3, -0.25) is 14.8 Å². The summed E-state index contributed by atoms with van der Waals surface area (Å²) in [5.41, 5.74) is 0. The lowest BCUT2D eigenvalue weighted by Gasteiger charge is -2.42. The van der Waals surface area contributed by atoms with Crippen molar-refractivity contribution in [3.63, 3.8) is 0 Å². The van der Waals surface area contributed by atoms with Crippen LogP contribution in [0.25, 0.3) is 0 Å². The number of imide groups is 1. The summed E-state index contributed by atoms with van der Waals surface area (Å²) in [5, 5.41) is 9.93. The Morgan fingerprint density at radius 3 is 1.57 bits per heavy atom. The summed E-state index contributed by atoms with van der Waals surface area (Å²) in [6.07, 6.45) is 0.410. The van der Waals surface area contributed by atoms with Crippen LogP contribution < -0.4 is 0 Å². The quantitative estimate of drug-likeness (QED) is 0.354. The fourth-order valence-corrected chi connectivity index (χ4v) is 7.81. The lowest BCUT2D eigenvalue weighted by molar-refractivity contribution is -0.173. The molecule has 4 nitrogen and oxygen atoms in total. The number of amides is 2. The van der Waals surface area contributed by atoms with Gasteiger partial charge in [-0.05, 0) is 24.7 Å². The molecule has 6 atom stereocenters. The van der Waals surface area contributed by atoms with Gasteiger partial charge < -0.3 is 0 Å². The van der Waals surface area contributed by atoms with E-state index in [4.69, 9.17) is 69.6 Å². The molecule has 23 heavy (non-hydrogen) atoms. The van der Waals surface area contributed by atoms with Crippen molar-refractivity contribution in [3.8, 4) is 0 Å². The van der Waals surface area contributed by atoms with Crippen LogP contribution >= 0.6 is 69.6 Å². The van der Waals surface area contributed by atoms with Crippen molar-refractivity contribution in [2.45, 2.75) is 26.9 Å². The van der Waals surface area contributed by atoms with Crippen molar-refractivity contribution in [2.24, 2.45) is 23.7 Å². The minimum absolute atomic E-state index is 0.0816. The molecule has 3 fully saturated rings. The first kappa shape index (κ1) is 17.0. The maximum absolute atomic E-state index is 12.1. The third-order valence-electron chi connectivity index (χ3n) is 5.81. The number of allylic oxidation sites excluding steroid dienone is 2. The van der Waals surface area contributed by atoms with Crippen molar-refractivity contribution >= 4 is 81.4 Å². The average molecular weight is 440 g/mol. The van der Waals surface area contributed by atoms with E-state index in [1.54, 1.807) is 0 Å². The van der Waals surface area contributed by atoms with Gasteiger partial charge >= 0.3 is 0 Å². The van der Waals surface area contributed by atoms with E-state index >= 15 is 0 Å². The zero-order chi connectivity index (χ0) is 17.1. The molecular weight excluding hydrogens is 431 g/mol. The molecule has 2 saturated carbocycles.